The lowest BCUT2D eigenvalue weighted by atomic mass is 10.2. The van der Waals surface area contributed by atoms with Crippen molar-refractivity contribution in [3.8, 4) is 11.5 Å². The minimum absolute atomic E-state index is 0.128. The van der Waals surface area contributed by atoms with Gasteiger partial charge in [-0.25, -0.2) is 4.98 Å². The Bertz CT molecular complexity index is 631. The van der Waals surface area contributed by atoms with Crippen LogP contribution in [0, 0.1) is 13.8 Å². The van der Waals surface area contributed by atoms with E-state index < -0.39 is 0 Å². The molecule has 5 nitrogen and oxygen atoms in total. The first-order chi connectivity index (χ1) is 10.1. The van der Waals surface area contributed by atoms with Gasteiger partial charge in [0.15, 0.2) is 0 Å². The van der Waals surface area contributed by atoms with Gasteiger partial charge < -0.3 is 18.8 Å². The number of hydrogen-bond acceptors (Lipinski definition) is 5. The van der Waals surface area contributed by atoms with Crippen LogP contribution in [0.2, 0.25) is 0 Å². The van der Waals surface area contributed by atoms with Gasteiger partial charge in [0.1, 0.15) is 23.4 Å². The molecule has 5 heteroatoms. The van der Waals surface area contributed by atoms with Crippen molar-refractivity contribution in [3.63, 3.8) is 0 Å². The zero-order chi connectivity index (χ0) is 15.0. The number of hydrogen-bond donors (Lipinski definition) is 0. The maximum Gasteiger partial charge on any atom is 0.214 e. The Kier molecular flexibility index (Phi) is 3.49. The van der Waals surface area contributed by atoms with Crippen LogP contribution in [0.5, 0.6) is 11.5 Å². The molecule has 0 saturated heterocycles. The Morgan fingerprint density at radius 2 is 2.19 bits per heavy atom. The summed E-state index contributed by atoms with van der Waals surface area (Å²) in [6.45, 7) is 7.38. The molecule has 112 valence electrons. The normalized spacial score (nSPS) is 17.3. The van der Waals surface area contributed by atoms with Crippen molar-refractivity contribution in [3.05, 3.63) is 35.5 Å². The minimum atomic E-state index is 0.128. The summed E-state index contributed by atoms with van der Waals surface area (Å²) < 4.78 is 16.9. The van der Waals surface area contributed by atoms with Crippen LogP contribution in [0.4, 0.5) is 5.69 Å². The lowest BCUT2D eigenvalue weighted by molar-refractivity contribution is 0.210. The summed E-state index contributed by atoms with van der Waals surface area (Å²) in [7, 11) is 1.67. The smallest absolute Gasteiger partial charge is 0.214 e. The maximum absolute atomic E-state index is 5.88. The first-order valence-electron chi connectivity index (χ1n) is 7.09. The van der Waals surface area contributed by atoms with Gasteiger partial charge in [0.25, 0.3) is 0 Å². The van der Waals surface area contributed by atoms with Gasteiger partial charge in [0.2, 0.25) is 5.89 Å². The number of oxazole rings is 1. The highest BCUT2D eigenvalue weighted by atomic mass is 16.5. The Hall–Kier alpha value is -2.17. The van der Waals surface area contributed by atoms with E-state index in [-0.39, 0.29) is 6.10 Å². The number of fused-ring (bicyclic) bond motifs is 1. The third kappa shape index (κ3) is 2.68. The molecule has 1 aromatic carbocycles. The van der Waals surface area contributed by atoms with Gasteiger partial charge >= 0.3 is 0 Å². The van der Waals surface area contributed by atoms with Gasteiger partial charge in [-0.05, 0) is 32.9 Å². The summed E-state index contributed by atoms with van der Waals surface area (Å²) >= 11 is 0. The molecule has 0 bridgehead atoms. The number of anilines is 1. The lowest BCUT2D eigenvalue weighted by Crippen LogP contribution is -2.38. The molecule has 21 heavy (non-hydrogen) atoms. The predicted octanol–water partition coefficient (Wildman–Crippen LogP) is 3.09. The molecule has 0 radical (unpaired) electrons. The standard InChI is InChI=1S/C16H20N2O3/c1-10-8-18(9-16-17-11(2)12(3)21-16)14-7-13(19-4)5-6-15(14)20-10/h5-7,10H,8-9H2,1-4H3/t10-/m1/s1. The van der Waals surface area contributed by atoms with Crippen molar-refractivity contribution in [2.75, 3.05) is 18.6 Å². The van der Waals surface area contributed by atoms with Crippen molar-refractivity contribution in [1.29, 1.82) is 0 Å². The number of ether oxygens (including phenoxy) is 2. The van der Waals surface area contributed by atoms with Crippen LogP contribution in [0.15, 0.2) is 22.6 Å². The molecular weight excluding hydrogens is 268 g/mol. The SMILES string of the molecule is COc1ccc2c(c1)N(Cc1nc(C)c(C)o1)C[C@@H](C)O2. The highest BCUT2D eigenvalue weighted by Crippen LogP contribution is 2.37. The molecule has 0 unspecified atom stereocenters. The van der Waals surface area contributed by atoms with E-state index in [9.17, 15) is 0 Å². The molecule has 2 heterocycles. The summed E-state index contributed by atoms with van der Waals surface area (Å²) in [5.74, 6) is 3.29. The second kappa shape index (κ2) is 5.31. The van der Waals surface area contributed by atoms with Gasteiger partial charge in [0.05, 0.1) is 31.6 Å². The molecule has 0 fully saturated rings. The lowest BCUT2D eigenvalue weighted by Gasteiger charge is -2.34. The Morgan fingerprint density at radius 3 is 2.86 bits per heavy atom. The summed E-state index contributed by atoms with van der Waals surface area (Å²) in [6, 6.07) is 5.85. The number of methoxy groups -OCH3 is 1. The second-order valence-electron chi connectivity index (χ2n) is 5.39. The van der Waals surface area contributed by atoms with Crippen LogP contribution in [-0.4, -0.2) is 24.7 Å². The summed E-state index contributed by atoms with van der Waals surface area (Å²) in [5.41, 5.74) is 1.96. The van der Waals surface area contributed by atoms with E-state index in [4.69, 9.17) is 13.9 Å². The fourth-order valence-corrected chi connectivity index (χ4v) is 2.55. The van der Waals surface area contributed by atoms with Gasteiger partial charge in [-0.3, -0.25) is 0 Å². The fraction of sp³-hybridized carbons (Fsp3) is 0.438. The van der Waals surface area contributed by atoms with Crippen molar-refractivity contribution < 1.29 is 13.9 Å². The average molecular weight is 288 g/mol. The molecule has 0 aliphatic carbocycles. The number of benzene rings is 1. The number of nitrogens with zero attached hydrogens (tertiary/aromatic N) is 2. The van der Waals surface area contributed by atoms with E-state index in [0.717, 1.165) is 41.1 Å². The van der Waals surface area contributed by atoms with Crippen molar-refractivity contribution in [1.82, 2.24) is 4.98 Å². The van der Waals surface area contributed by atoms with E-state index >= 15 is 0 Å². The highest BCUT2D eigenvalue weighted by molar-refractivity contribution is 5.63. The van der Waals surface area contributed by atoms with Gasteiger partial charge in [-0.15, -0.1) is 0 Å². The summed E-state index contributed by atoms with van der Waals surface area (Å²) in [4.78, 5) is 6.68. The van der Waals surface area contributed by atoms with Gasteiger partial charge in [-0.1, -0.05) is 0 Å². The second-order valence-corrected chi connectivity index (χ2v) is 5.39. The number of aryl methyl sites for hydroxylation is 2. The van der Waals surface area contributed by atoms with Crippen LogP contribution in [0.1, 0.15) is 24.3 Å². The van der Waals surface area contributed by atoms with Gasteiger partial charge in [0, 0.05) is 6.07 Å². The average Bonchev–Trinajstić information content (AvgIpc) is 2.76. The van der Waals surface area contributed by atoms with Gasteiger partial charge in [-0.2, -0.15) is 0 Å². The third-order valence-electron chi connectivity index (χ3n) is 3.71. The third-order valence-corrected chi connectivity index (χ3v) is 3.71. The fourth-order valence-electron chi connectivity index (χ4n) is 2.55. The first kappa shape index (κ1) is 13.8. The molecule has 0 saturated carbocycles. The highest BCUT2D eigenvalue weighted by Gasteiger charge is 2.25. The van der Waals surface area contributed by atoms with Crippen LogP contribution in [0.3, 0.4) is 0 Å². The molecule has 1 aliphatic rings. The molecule has 0 N–H and O–H groups in total. The Balaban J connectivity index is 1.92. The number of rotatable bonds is 3. The quantitative estimate of drug-likeness (QED) is 0.868. The molecular formula is C16H20N2O3. The van der Waals surface area contributed by atoms with Crippen LogP contribution in [-0.2, 0) is 6.54 Å². The Labute approximate surface area is 124 Å². The van der Waals surface area contributed by atoms with Crippen LogP contribution < -0.4 is 14.4 Å². The molecule has 1 aliphatic heterocycles. The number of aromatic nitrogens is 1. The van der Waals surface area contributed by atoms with Crippen LogP contribution >= 0.6 is 0 Å². The van der Waals surface area contributed by atoms with Crippen molar-refractivity contribution in [2.45, 2.75) is 33.4 Å². The predicted molar refractivity (Wildman–Crippen MR) is 80.1 cm³/mol. The summed E-state index contributed by atoms with van der Waals surface area (Å²) in [6.07, 6.45) is 0.128. The molecule has 0 spiro atoms. The van der Waals surface area contributed by atoms with Crippen molar-refractivity contribution >= 4 is 5.69 Å². The van der Waals surface area contributed by atoms with E-state index in [1.807, 2.05) is 32.0 Å². The Morgan fingerprint density at radius 1 is 1.38 bits per heavy atom. The van der Waals surface area contributed by atoms with Crippen molar-refractivity contribution in [2.24, 2.45) is 0 Å². The van der Waals surface area contributed by atoms with Crippen LogP contribution in [0.25, 0.3) is 0 Å². The van der Waals surface area contributed by atoms with E-state index in [0.29, 0.717) is 6.54 Å². The summed E-state index contributed by atoms with van der Waals surface area (Å²) in [5, 5.41) is 0. The zero-order valence-corrected chi connectivity index (χ0v) is 12.8. The minimum Gasteiger partial charge on any atom is -0.497 e. The monoisotopic (exact) mass is 288 g/mol. The zero-order valence-electron chi connectivity index (χ0n) is 12.8. The largest absolute Gasteiger partial charge is 0.497 e. The molecule has 1 aromatic heterocycles. The van der Waals surface area contributed by atoms with E-state index in [1.54, 1.807) is 7.11 Å². The van der Waals surface area contributed by atoms with E-state index in [1.165, 1.54) is 0 Å². The molecule has 0 amide bonds. The molecule has 1 atom stereocenters. The first-order valence-corrected chi connectivity index (χ1v) is 7.09. The molecule has 3 rings (SSSR count). The molecule has 2 aromatic rings. The topological polar surface area (TPSA) is 47.7 Å². The van der Waals surface area contributed by atoms with E-state index in [2.05, 4.69) is 16.8 Å². The maximum atomic E-state index is 5.88.